The Hall–Kier alpha value is -2.49. The van der Waals surface area contributed by atoms with Crippen LogP contribution in [0.15, 0.2) is 18.3 Å². The van der Waals surface area contributed by atoms with Crippen molar-refractivity contribution in [2.45, 2.75) is 45.3 Å². The maximum atomic E-state index is 13.6. The first-order valence-corrected chi connectivity index (χ1v) is 12.7. The highest BCUT2D eigenvalue weighted by atomic mass is 16.5. The van der Waals surface area contributed by atoms with Crippen molar-refractivity contribution in [1.82, 2.24) is 19.7 Å². The van der Waals surface area contributed by atoms with Gasteiger partial charge in [-0.2, -0.15) is 0 Å². The number of aromatic nitrogens is 1. The molecule has 9 heteroatoms. The molecule has 0 spiro atoms. The van der Waals surface area contributed by atoms with Crippen LogP contribution in [0.3, 0.4) is 0 Å². The first-order valence-electron chi connectivity index (χ1n) is 12.7. The zero-order valence-electron chi connectivity index (χ0n) is 21.1. The lowest BCUT2D eigenvalue weighted by molar-refractivity contribution is -0.133. The molecule has 1 aromatic rings. The Bertz CT molecular complexity index is 946. The van der Waals surface area contributed by atoms with E-state index in [1.165, 1.54) is 5.57 Å². The number of rotatable bonds is 7. The third-order valence-electron chi connectivity index (χ3n) is 7.27. The van der Waals surface area contributed by atoms with E-state index < -0.39 is 0 Å². The molecule has 2 aliphatic heterocycles. The van der Waals surface area contributed by atoms with Crippen LogP contribution in [0.25, 0.3) is 5.57 Å². The summed E-state index contributed by atoms with van der Waals surface area (Å²) in [4.78, 5) is 36.6. The number of hydrogen-bond acceptors (Lipinski definition) is 7. The molecule has 1 aliphatic carbocycles. The summed E-state index contributed by atoms with van der Waals surface area (Å²) in [5.41, 5.74) is 2.56. The molecule has 1 saturated heterocycles. The number of aliphatic hydroxyl groups excluding tert-OH is 1. The van der Waals surface area contributed by atoms with Crippen molar-refractivity contribution >= 4 is 17.4 Å². The van der Waals surface area contributed by atoms with Crippen molar-refractivity contribution in [2.24, 2.45) is 5.92 Å². The molecule has 0 radical (unpaired) electrons. The van der Waals surface area contributed by atoms with Crippen LogP contribution >= 0.6 is 0 Å². The summed E-state index contributed by atoms with van der Waals surface area (Å²) >= 11 is 0. The molecule has 1 N–H and O–H groups in total. The summed E-state index contributed by atoms with van der Waals surface area (Å²) in [7, 11) is 1.79. The first-order chi connectivity index (χ1) is 16.9. The van der Waals surface area contributed by atoms with E-state index in [1.54, 1.807) is 23.0 Å². The van der Waals surface area contributed by atoms with Gasteiger partial charge in [0.15, 0.2) is 0 Å². The maximum Gasteiger partial charge on any atom is 0.259 e. The SMILES string of the molecule is C[C@H](CO)N1C[C@H](C)[C@@H](CN(C)C(=O)CN2CCOCC2)Oc2ncc(C3=CCCC3)cc2C1=O. The van der Waals surface area contributed by atoms with Gasteiger partial charge in [0, 0.05) is 38.8 Å². The number of hydrogen-bond donors (Lipinski definition) is 1. The van der Waals surface area contributed by atoms with Crippen LogP contribution in [0.4, 0.5) is 0 Å². The molecular formula is C26H38N4O5. The van der Waals surface area contributed by atoms with Gasteiger partial charge in [0.2, 0.25) is 11.8 Å². The Balaban J connectivity index is 1.56. The van der Waals surface area contributed by atoms with Crippen LogP contribution in [-0.4, -0.2) is 108 Å². The number of nitrogens with zero attached hydrogens (tertiary/aromatic N) is 4. The monoisotopic (exact) mass is 486 g/mol. The highest BCUT2D eigenvalue weighted by molar-refractivity contribution is 5.97. The van der Waals surface area contributed by atoms with Crippen LogP contribution in [0, 0.1) is 5.92 Å². The summed E-state index contributed by atoms with van der Waals surface area (Å²) < 4.78 is 11.7. The van der Waals surface area contributed by atoms with Gasteiger partial charge in [-0.05, 0) is 43.4 Å². The number of amides is 2. The number of allylic oxidation sites excluding steroid dienone is 2. The highest BCUT2D eigenvalue weighted by Crippen LogP contribution is 2.32. The molecular weight excluding hydrogens is 448 g/mol. The fourth-order valence-corrected chi connectivity index (χ4v) is 4.87. The van der Waals surface area contributed by atoms with Gasteiger partial charge in [0.1, 0.15) is 11.7 Å². The number of fused-ring (bicyclic) bond motifs is 1. The summed E-state index contributed by atoms with van der Waals surface area (Å²) in [6, 6.07) is 1.53. The van der Waals surface area contributed by atoms with E-state index in [1.807, 2.05) is 19.9 Å². The minimum absolute atomic E-state index is 0.0260. The average Bonchev–Trinajstić information content (AvgIpc) is 3.41. The van der Waals surface area contributed by atoms with Crippen molar-refractivity contribution in [3.8, 4) is 5.88 Å². The molecule has 0 bridgehead atoms. The number of pyridine rings is 1. The van der Waals surface area contributed by atoms with E-state index in [9.17, 15) is 14.7 Å². The van der Waals surface area contributed by atoms with E-state index in [4.69, 9.17) is 9.47 Å². The van der Waals surface area contributed by atoms with Crippen molar-refractivity contribution in [1.29, 1.82) is 0 Å². The minimum Gasteiger partial charge on any atom is -0.472 e. The largest absolute Gasteiger partial charge is 0.472 e. The van der Waals surface area contributed by atoms with Crippen molar-refractivity contribution in [2.75, 3.05) is 59.6 Å². The van der Waals surface area contributed by atoms with Crippen molar-refractivity contribution < 1.29 is 24.2 Å². The Morgan fingerprint density at radius 3 is 2.80 bits per heavy atom. The van der Waals surface area contributed by atoms with E-state index >= 15 is 0 Å². The lowest BCUT2D eigenvalue weighted by Gasteiger charge is -2.38. The van der Waals surface area contributed by atoms with Gasteiger partial charge >= 0.3 is 0 Å². The van der Waals surface area contributed by atoms with Crippen LogP contribution in [-0.2, 0) is 9.53 Å². The normalized spacial score (nSPS) is 24.2. The molecule has 0 aromatic carbocycles. The molecule has 1 fully saturated rings. The van der Waals surface area contributed by atoms with E-state index in [-0.39, 0.29) is 42.4 Å². The van der Waals surface area contributed by atoms with Gasteiger partial charge in [0.05, 0.1) is 39.0 Å². The molecule has 2 amide bonds. The summed E-state index contributed by atoms with van der Waals surface area (Å²) in [6.45, 7) is 7.67. The first kappa shape index (κ1) is 25.6. The standard InChI is InChI=1S/C26H38N4O5/c1-18-14-30(19(2)17-31)26(33)22-12-21(20-6-4-5-7-20)13-27-25(22)35-23(18)15-28(3)24(32)16-29-8-10-34-11-9-29/h6,12-13,18-19,23,31H,4-5,7-11,14-17H2,1-3H3/t18-,19+,23+/m0/s1. The second kappa shape index (κ2) is 11.5. The summed E-state index contributed by atoms with van der Waals surface area (Å²) in [5.74, 6) is 0.0616. The van der Waals surface area contributed by atoms with Crippen LogP contribution < -0.4 is 4.74 Å². The molecule has 192 valence electrons. The molecule has 3 aliphatic rings. The van der Waals surface area contributed by atoms with Gasteiger partial charge in [-0.3, -0.25) is 14.5 Å². The molecule has 0 unspecified atom stereocenters. The Morgan fingerprint density at radius 1 is 1.34 bits per heavy atom. The predicted molar refractivity (Wildman–Crippen MR) is 132 cm³/mol. The summed E-state index contributed by atoms with van der Waals surface area (Å²) in [5, 5.41) is 9.85. The number of ether oxygens (including phenoxy) is 2. The maximum absolute atomic E-state index is 13.6. The summed E-state index contributed by atoms with van der Waals surface area (Å²) in [6.07, 6.45) is 6.75. The molecule has 1 aromatic heterocycles. The second-order valence-corrected chi connectivity index (χ2v) is 9.98. The number of carbonyl (C=O) groups is 2. The smallest absolute Gasteiger partial charge is 0.259 e. The van der Waals surface area contributed by atoms with Gasteiger partial charge in [-0.1, -0.05) is 13.0 Å². The average molecular weight is 487 g/mol. The van der Waals surface area contributed by atoms with Crippen LogP contribution in [0.2, 0.25) is 0 Å². The Kier molecular flexibility index (Phi) is 8.41. The number of carbonyl (C=O) groups excluding carboxylic acids is 2. The zero-order valence-corrected chi connectivity index (χ0v) is 21.1. The molecule has 35 heavy (non-hydrogen) atoms. The number of aliphatic hydroxyl groups is 1. The lowest BCUT2D eigenvalue weighted by Crippen LogP contribution is -2.51. The Morgan fingerprint density at radius 2 is 2.11 bits per heavy atom. The van der Waals surface area contributed by atoms with E-state index in [0.29, 0.717) is 38.4 Å². The quantitative estimate of drug-likeness (QED) is 0.626. The van der Waals surface area contributed by atoms with Gasteiger partial charge < -0.3 is 24.4 Å². The fraction of sp³-hybridized carbons (Fsp3) is 0.654. The minimum atomic E-state index is -0.349. The van der Waals surface area contributed by atoms with Crippen LogP contribution in [0.5, 0.6) is 5.88 Å². The number of morpholine rings is 1. The van der Waals surface area contributed by atoms with Gasteiger partial charge in [0.25, 0.3) is 5.91 Å². The molecule has 9 nitrogen and oxygen atoms in total. The highest BCUT2D eigenvalue weighted by Gasteiger charge is 2.35. The molecule has 3 heterocycles. The molecule has 3 atom stereocenters. The third kappa shape index (κ3) is 6.02. The number of likely N-dealkylation sites (N-methyl/N-ethyl adjacent to an activating group) is 1. The lowest BCUT2D eigenvalue weighted by atomic mass is 9.99. The third-order valence-corrected chi connectivity index (χ3v) is 7.27. The zero-order chi connectivity index (χ0) is 24.9. The van der Waals surface area contributed by atoms with Crippen LogP contribution in [0.1, 0.15) is 49.0 Å². The molecule has 0 saturated carbocycles. The van der Waals surface area contributed by atoms with Gasteiger partial charge in [-0.15, -0.1) is 0 Å². The fourth-order valence-electron chi connectivity index (χ4n) is 4.87. The topological polar surface area (TPSA) is 95.4 Å². The van der Waals surface area contributed by atoms with E-state index in [2.05, 4.69) is 16.0 Å². The molecule has 4 rings (SSSR count). The second-order valence-electron chi connectivity index (χ2n) is 9.98. The van der Waals surface area contributed by atoms with Crippen molar-refractivity contribution in [3.05, 3.63) is 29.5 Å². The Labute approximate surface area is 207 Å². The van der Waals surface area contributed by atoms with Crippen molar-refractivity contribution in [3.63, 3.8) is 0 Å². The van der Waals surface area contributed by atoms with E-state index in [0.717, 1.165) is 37.9 Å². The van der Waals surface area contributed by atoms with Gasteiger partial charge in [-0.25, -0.2) is 4.98 Å². The predicted octanol–water partition coefficient (Wildman–Crippen LogP) is 1.66.